The molecule has 30 heavy (non-hydrogen) atoms. The van der Waals surface area contributed by atoms with E-state index in [0.717, 1.165) is 0 Å². The normalized spacial score (nSPS) is 22.7. The third kappa shape index (κ3) is 3.77. The Morgan fingerprint density at radius 2 is 1.93 bits per heavy atom. The van der Waals surface area contributed by atoms with Crippen LogP contribution in [0.4, 0.5) is 5.82 Å². The molecule has 13 heteroatoms. The predicted molar refractivity (Wildman–Crippen MR) is 110 cm³/mol. The molecule has 0 saturated carbocycles. The van der Waals surface area contributed by atoms with Crippen LogP contribution < -0.4 is 5.32 Å². The molecular formula is C17H22N8O4S. The number of fused-ring (bicyclic) bond motifs is 1. The molecule has 12 nitrogen and oxygen atoms in total. The van der Waals surface area contributed by atoms with E-state index in [1.807, 2.05) is 0 Å². The average Bonchev–Trinajstić information content (AvgIpc) is 3.24. The van der Waals surface area contributed by atoms with Gasteiger partial charge in [-0.3, -0.25) is 14.6 Å². The maximum absolute atomic E-state index is 12.8. The van der Waals surface area contributed by atoms with Crippen LogP contribution in [0.2, 0.25) is 0 Å². The SMILES string of the molecule is Cc1cc(NC(=O)C2CCN(S(C)(=O)=O)CC2)n(C2=NC(=O)C3C=NN(C)C3=N2)n1. The summed E-state index contributed by atoms with van der Waals surface area (Å²) in [5.74, 6) is -0.720. The Labute approximate surface area is 173 Å². The quantitative estimate of drug-likeness (QED) is 0.679. The maximum atomic E-state index is 12.8. The summed E-state index contributed by atoms with van der Waals surface area (Å²) in [5, 5.41) is 12.7. The second kappa shape index (κ2) is 7.40. The number of carbonyl (C=O) groups excluding carboxylic acids is 2. The van der Waals surface area contributed by atoms with E-state index in [2.05, 4.69) is 25.5 Å². The minimum absolute atomic E-state index is 0.0545. The summed E-state index contributed by atoms with van der Waals surface area (Å²) >= 11 is 0. The molecule has 160 valence electrons. The fraction of sp³-hybridized carbons (Fsp3) is 0.529. The number of nitrogens with one attached hydrogen (secondary N) is 1. The summed E-state index contributed by atoms with van der Waals surface area (Å²) in [5.41, 5.74) is 0.616. The van der Waals surface area contributed by atoms with Crippen molar-refractivity contribution in [2.24, 2.45) is 26.9 Å². The molecule has 1 aromatic rings. The van der Waals surface area contributed by atoms with Crippen molar-refractivity contribution >= 4 is 45.7 Å². The van der Waals surface area contributed by atoms with E-state index < -0.39 is 21.8 Å². The number of nitrogens with zero attached hydrogens (tertiary/aromatic N) is 7. The number of hydrazone groups is 1. The van der Waals surface area contributed by atoms with Crippen LogP contribution in [0.25, 0.3) is 0 Å². The van der Waals surface area contributed by atoms with E-state index in [9.17, 15) is 18.0 Å². The Morgan fingerprint density at radius 3 is 2.60 bits per heavy atom. The first kappa shape index (κ1) is 20.3. The van der Waals surface area contributed by atoms with Crippen LogP contribution in [0.15, 0.2) is 21.2 Å². The van der Waals surface area contributed by atoms with Gasteiger partial charge in [0.2, 0.25) is 15.9 Å². The van der Waals surface area contributed by atoms with Gasteiger partial charge in [0.15, 0.2) is 0 Å². The maximum Gasteiger partial charge on any atom is 0.265 e. The molecule has 4 rings (SSSR count). The van der Waals surface area contributed by atoms with Gasteiger partial charge >= 0.3 is 0 Å². The number of rotatable bonds is 3. The summed E-state index contributed by atoms with van der Waals surface area (Å²) in [6, 6.07) is 1.66. The number of aryl methyl sites for hydroxylation is 1. The van der Waals surface area contributed by atoms with Crippen molar-refractivity contribution in [2.45, 2.75) is 19.8 Å². The second-order valence-corrected chi connectivity index (χ2v) is 9.48. The molecule has 3 aliphatic heterocycles. The van der Waals surface area contributed by atoms with Gasteiger partial charge in [-0.15, -0.1) is 0 Å². The highest BCUT2D eigenvalue weighted by molar-refractivity contribution is 7.88. The summed E-state index contributed by atoms with van der Waals surface area (Å²) in [4.78, 5) is 33.5. The van der Waals surface area contributed by atoms with Crippen molar-refractivity contribution in [2.75, 3.05) is 31.7 Å². The molecule has 4 heterocycles. The predicted octanol–water partition coefficient (Wildman–Crippen LogP) is -0.508. The molecule has 1 aromatic heterocycles. The zero-order valence-corrected chi connectivity index (χ0v) is 17.6. The number of aromatic nitrogens is 2. The smallest absolute Gasteiger partial charge is 0.265 e. The molecule has 3 aliphatic rings. The third-order valence-corrected chi connectivity index (χ3v) is 6.56. The highest BCUT2D eigenvalue weighted by Gasteiger charge is 2.35. The van der Waals surface area contributed by atoms with Crippen LogP contribution in [0, 0.1) is 18.8 Å². The number of carbonyl (C=O) groups is 2. The largest absolute Gasteiger partial charge is 0.310 e. The van der Waals surface area contributed by atoms with E-state index in [1.165, 1.54) is 26.5 Å². The Balaban J connectivity index is 1.52. The fourth-order valence-corrected chi connectivity index (χ4v) is 4.49. The van der Waals surface area contributed by atoms with E-state index in [-0.39, 0.29) is 17.8 Å². The number of piperidine rings is 1. The zero-order valence-electron chi connectivity index (χ0n) is 16.8. The van der Waals surface area contributed by atoms with Gasteiger partial charge in [0, 0.05) is 38.3 Å². The average molecular weight is 434 g/mol. The lowest BCUT2D eigenvalue weighted by Crippen LogP contribution is -2.41. The topological polar surface area (TPSA) is 142 Å². The molecule has 1 atom stereocenters. The van der Waals surface area contributed by atoms with Gasteiger partial charge < -0.3 is 5.32 Å². The Morgan fingerprint density at radius 1 is 1.23 bits per heavy atom. The minimum atomic E-state index is -3.26. The number of anilines is 1. The summed E-state index contributed by atoms with van der Waals surface area (Å²) in [6.07, 6.45) is 3.51. The van der Waals surface area contributed by atoms with Crippen LogP contribution in [-0.2, 0) is 19.6 Å². The first-order valence-corrected chi connectivity index (χ1v) is 11.3. The van der Waals surface area contributed by atoms with E-state index in [0.29, 0.717) is 43.3 Å². The Hall–Kier alpha value is -2.93. The highest BCUT2D eigenvalue weighted by atomic mass is 32.2. The summed E-state index contributed by atoms with van der Waals surface area (Å²) in [6.45, 7) is 2.36. The van der Waals surface area contributed by atoms with Crippen LogP contribution in [0.5, 0.6) is 0 Å². The van der Waals surface area contributed by atoms with Crippen LogP contribution >= 0.6 is 0 Å². The lowest BCUT2D eigenvalue weighted by Gasteiger charge is -2.29. The van der Waals surface area contributed by atoms with Crippen LogP contribution in [0.1, 0.15) is 18.5 Å². The summed E-state index contributed by atoms with van der Waals surface area (Å²) < 4.78 is 26.0. The molecular weight excluding hydrogens is 412 g/mol. The van der Waals surface area contributed by atoms with Gasteiger partial charge in [0.1, 0.15) is 17.6 Å². The van der Waals surface area contributed by atoms with E-state index in [4.69, 9.17) is 0 Å². The molecule has 1 N–H and O–H groups in total. The van der Waals surface area contributed by atoms with E-state index >= 15 is 0 Å². The zero-order chi connectivity index (χ0) is 21.6. The van der Waals surface area contributed by atoms with Crippen molar-refractivity contribution in [1.82, 2.24) is 19.1 Å². The number of aliphatic imine (C=N–C) groups is 2. The van der Waals surface area contributed by atoms with Gasteiger partial charge in [-0.05, 0) is 19.8 Å². The molecule has 2 amide bonds. The van der Waals surface area contributed by atoms with Gasteiger partial charge in [0.25, 0.3) is 11.9 Å². The molecule has 0 aliphatic carbocycles. The molecule has 1 fully saturated rings. The summed E-state index contributed by atoms with van der Waals surface area (Å²) in [7, 11) is -1.57. The molecule has 0 radical (unpaired) electrons. The van der Waals surface area contributed by atoms with Crippen molar-refractivity contribution in [3.63, 3.8) is 0 Å². The number of hydrogen-bond donors (Lipinski definition) is 1. The molecule has 1 saturated heterocycles. The third-order valence-electron chi connectivity index (χ3n) is 5.26. The number of amidine groups is 1. The van der Waals surface area contributed by atoms with Crippen molar-refractivity contribution < 1.29 is 18.0 Å². The number of hydrogen-bond acceptors (Lipinski definition) is 8. The Kier molecular flexibility index (Phi) is 5.02. The molecule has 1 unspecified atom stereocenters. The van der Waals surface area contributed by atoms with Crippen molar-refractivity contribution in [1.29, 1.82) is 0 Å². The minimum Gasteiger partial charge on any atom is -0.310 e. The number of amides is 2. The van der Waals surface area contributed by atoms with Crippen LogP contribution in [-0.4, -0.2) is 83.7 Å². The molecule has 0 aromatic carbocycles. The van der Waals surface area contributed by atoms with Crippen molar-refractivity contribution in [3.8, 4) is 0 Å². The lowest BCUT2D eigenvalue weighted by molar-refractivity contribution is -0.121. The van der Waals surface area contributed by atoms with Gasteiger partial charge in [-0.25, -0.2) is 12.7 Å². The highest BCUT2D eigenvalue weighted by Crippen LogP contribution is 2.23. The molecule has 0 bridgehead atoms. The van der Waals surface area contributed by atoms with Gasteiger partial charge in [-0.2, -0.15) is 24.9 Å². The van der Waals surface area contributed by atoms with Crippen LogP contribution in [0.3, 0.4) is 0 Å². The van der Waals surface area contributed by atoms with Gasteiger partial charge in [-0.1, -0.05) is 0 Å². The fourth-order valence-electron chi connectivity index (χ4n) is 3.62. The lowest BCUT2D eigenvalue weighted by atomic mass is 9.97. The first-order chi connectivity index (χ1) is 14.1. The van der Waals surface area contributed by atoms with Crippen molar-refractivity contribution in [3.05, 3.63) is 11.8 Å². The van der Waals surface area contributed by atoms with E-state index in [1.54, 1.807) is 20.0 Å². The van der Waals surface area contributed by atoms with Gasteiger partial charge in [0.05, 0.1) is 11.9 Å². The molecule has 0 spiro atoms. The Bertz CT molecular complexity index is 1090. The monoisotopic (exact) mass is 434 g/mol. The number of sulfonamides is 1. The second-order valence-electron chi connectivity index (χ2n) is 7.49. The first-order valence-electron chi connectivity index (χ1n) is 9.45. The standard InChI is InChI=1S/C17H22N8O4S/c1-10-8-13(19-15(26)11-4-6-24(7-5-11)30(3,28)29)25(22-10)17-20-14-12(16(27)21-17)9-18-23(14)2/h8-9,11-12H,4-7H2,1-3H3,(H,19,26).